The van der Waals surface area contributed by atoms with Crippen LogP contribution in [0.1, 0.15) is 38.7 Å². The third-order valence-electron chi connectivity index (χ3n) is 3.13. The van der Waals surface area contributed by atoms with Gasteiger partial charge in [-0.1, -0.05) is 55.3 Å². The molecule has 0 radical (unpaired) electrons. The van der Waals surface area contributed by atoms with Gasteiger partial charge in [0, 0.05) is 6.61 Å². The van der Waals surface area contributed by atoms with Crippen molar-refractivity contribution in [2.24, 2.45) is 5.92 Å². The van der Waals surface area contributed by atoms with Crippen LogP contribution in [0.2, 0.25) is 0 Å². The summed E-state index contributed by atoms with van der Waals surface area (Å²) in [7, 11) is 0. The summed E-state index contributed by atoms with van der Waals surface area (Å²) < 4.78 is 5.65. The molecule has 2 nitrogen and oxygen atoms in total. The number of aliphatic hydroxyl groups excluding tert-OH is 1. The molecule has 1 rings (SSSR count). The topological polar surface area (TPSA) is 29.5 Å². The molecular formula is C17H26O2. The van der Waals surface area contributed by atoms with Crippen LogP contribution in [0.4, 0.5) is 0 Å². The molecule has 0 saturated carbocycles. The predicted octanol–water partition coefficient (Wildman–Crippen LogP) is 3.95. The van der Waals surface area contributed by atoms with Crippen LogP contribution >= 0.6 is 0 Å². The molecule has 0 heterocycles. The molecule has 2 heteroatoms. The SMILES string of the molecule is C/C(=C\[C@@H](C)CCCCOCc1ccccc1)CO. The van der Waals surface area contributed by atoms with Crippen molar-refractivity contribution in [3.63, 3.8) is 0 Å². The second-order valence-corrected chi connectivity index (χ2v) is 5.18. The fraction of sp³-hybridized carbons (Fsp3) is 0.529. The van der Waals surface area contributed by atoms with Gasteiger partial charge in [0.25, 0.3) is 0 Å². The largest absolute Gasteiger partial charge is 0.392 e. The molecule has 106 valence electrons. The Kier molecular flexibility index (Phi) is 8.19. The highest BCUT2D eigenvalue weighted by Crippen LogP contribution is 2.12. The Hall–Kier alpha value is -1.12. The number of rotatable bonds is 9. The Morgan fingerprint density at radius 1 is 1.26 bits per heavy atom. The first kappa shape index (κ1) is 15.9. The van der Waals surface area contributed by atoms with Gasteiger partial charge in [0.05, 0.1) is 13.2 Å². The van der Waals surface area contributed by atoms with Gasteiger partial charge in [0.1, 0.15) is 0 Å². The number of benzene rings is 1. The van der Waals surface area contributed by atoms with Crippen molar-refractivity contribution in [1.29, 1.82) is 0 Å². The van der Waals surface area contributed by atoms with Gasteiger partial charge < -0.3 is 9.84 Å². The molecule has 0 unspecified atom stereocenters. The smallest absolute Gasteiger partial charge is 0.0716 e. The van der Waals surface area contributed by atoms with Crippen molar-refractivity contribution in [2.45, 2.75) is 39.7 Å². The molecular weight excluding hydrogens is 236 g/mol. The summed E-state index contributed by atoms with van der Waals surface area (Å²) in [5.74, 6) is 0.543. The van der Waals surface area contributed by atoms with Gasteiger partial charge in [-0.25, -0.2) is 0 Å². The summed E-state index contributed by atoms with van der Waals surface area (Å²) >= 11 is 0. The second-order valence-electron chi connectivity index (χ2n) is 5.18. The molecule has 0 aliphatic heterocycles. The first-order chi connectivity index (χ1) is 9.22. The minimum Gasteiger partial charge on any atom is -0.392 e. The van der Waals surface area contributed by atoms with Crippen molar-refractivity contribution >= 4 is 0 Å². The van der Waals surface area contributed by atoms with E-state index in [1.54, 1.807) is 0 Å². The second kappa shape index (κ2) is 9.76. The molecule has 0 aliphatic carbocycles. The Labute approximate surface area is 117 Å². The third-order valence-corrected chi connectivity index (χ3v) is 3.13. The van der Waals surface area contributed by atoms with Gasteiger partial charge in [-0.05, 0) is 31.2 Å². The highest BCUT2D eigenvalue weighted by molar-refractivity contribution is 5.13. The molecule has 19 heavy (non-hydrogen) atoms. The van der Waals surface area contributed by atoms with Crippen molar-refractivity contribution in [1.82, 2.24) is 0 Å². The number of unbranched alkanes of at least 4 members (excludes halogenated alkanes) is 1. The first-order valence-corrected chi connectivity index (χ1v) is 7.12. The van der Waals surface area contributed by atoms with E-state index in [-0.39, 0.29) is 6.61 Å². The number of hydrogen-bond acceptors (Lipinski definition) is 2. The van der Waals surface area contributed by atoms with E-state index in [0.717, 1.165) is 25.0 Å². The standard InChI is InChI=1S/C17H26O2/c1-15(12-16(2)13-18)8-6-7-11-19-14-17-9-4-3-5-10-17/h3-5,9-10,12,15,18H,6-8,11,13-14H2,1-2H3/b16-12+/t15-/m0/s1. The summed E-state index contributed by atoms with van der Waals surface area (Å²) in [6.45, 7) is 5.87. The van der Waals surface area contributed by atoms with Crippen LogP contribution in [0.15, 0.2) is 42.0 Å². The molecule has 0 fully saturated rings. The predicted molar refractivity (Wildman–Crippen MR) is 80.0 cm³/mol. The van der Waals surface area contributed by atoms with E-state index < -0.39 is 0 Å². The molecule has 0 aliphatic rings. The van der Waals surface area contributed by atoms with E-state index >= 15 is 0 Å². The lowest BCUT2D eigenvalue weighted by Crippen LogP contribution is -1.98. The maximum Gasteiger partial charge on any atom is 0.0716 e. The molecule has 1 N–H and O–H groups in total. The van der Waals surface area contributed by atoms with Gasteiger partial charge in [0.2, 0.25) is 0 Å². The number of hydrogen-bond donors (Lipinski definition) is 1. The molecule has 0 saturated heterocycles. The van der Waals surface area contributed by atoms with E-state index in [4.69, 9.17) is 9.84 Å². The Morgan fingerprint density at radius 3 is 2.68 bits per heavy atom. The van der Waals surface area contributed by atoms with Crippen LogP contribution in [0.5, 0.6) is 0 Å². The fourth-order valence-electron chi connectivity index (χ4n) is 2.06. The van der Waals surface area contributed by atoms with Crippen LogP contribution < -0.4 is 0 Å². The molecule has 0 amide bonds. The number of ether oxygens (including phenoxy) is 1. The molecule has 0 spiro atoms. The van der Waals surface area contributed by atoms with E-state index in [0.29, 0.717) is 12.5 Å². The Morgan fingerprint density at radius 2 is 2.00 bits per heavy atom. The number of aliphatic hydroxyl groups is 1. The van der Waals surface area contributed by atoms with Gasteiger partial charge in [-0.2, -0.15) is 0 Å². The first-order valence-electron chi connectivity index (χ1n) is 7.12. The minimum atomic E-state index is 0.171. The third kappa shape index (κ3) is 7.81. The fourth-order valence-corrected chi connectivity index (χ4v) is 2.06. The summed E-state index contributed by atoms with van der Waals surface area (Å²) in [6.07, 6.45) is 5.59. The van der Waals surface area contributed by atoms with E-state index in [2.05, 4.69) is 25.1 Å². The zero-order chi connectivity index (χ0) is 13.9. The molecule has 1 aromatic rings. The number of allylic oxidation sites excluding steroid dienone is 1. The van der Waals surface area contributed by atoms with Crippen molar-refractivity contribution in [3.8, 4) is 0 Å². The average molecular weight is 262 g/mol. The molecule has 0 aromatic heterocycles. The normalized spacial score (nSPS) is 13.5. The summed E-state index contributed by atoms with van der Waals surface area (Å²) in [5.41, 5.74) is 2.30. The molecule has 1 aromatic carbocycles. The summed E-state index contributed by atoms with van der Waals surface area (Å²) in [5, 5.41) is 8.95. The van der Waals surface area contributed by atoms with Crippen molar-refractivity contribution in [2.75, 3.05) is 13.2 Å². The molecule has 0 bridgehead atoms. The Bertz CT molecular complexity index is 357. The maximum atomic E-state index is 8.95. The highest BCUT2D eigenvalue weighted by atomic mass is 16.5. The average Bonchev–Trinajstić information content (AvgIpc) is 2.43. The monoisotopic (exact) mass is 262 g/mol. The highest BCUT2D eigenvalue weighted by Gasteiger charge is 1.99. The zero-order valence-corrected chi connectivity index (χ0v) is 12.1. The van der Waals surface area contributed by atoms with E-state index in [9.17, 15) is 0 Å². The van der Waals surface area contributed by atoms with E-state index in [1.165, 1.54) is 12.0 Å². The van der Waals surface area contributed by atoms with Crippen LogP contribution in [0.25, 0.3) is 0 Å². The molecule has 1 atom stereocenters. The van der Waals surface area contributed by atoms with Crippen LogP contribution in [-0.4, -0.2) is 18.3 Å². The van der Waals surface area contributed by atoms with Crippen molar-refractivity contribution in [3.05, 3.63) is 47.5 Å². The van der Waals surface area contributed by atoms with Crippen LogP contribution in [-0.2, 0) is 11.3 Å². The Balaban J connectivity index is 2.02. The quantitative estimate of drug-likeness (QED) is 0.539. The maximum absolute atomic E-state index is 8.95. The summed E-state index contributed by atoms with van der Waals surface area (Å²) in [6, 6.07) is 10.3. The summed E-state index contributed by atoms with van der Waals surface area (Å²) in [4.78, 5) is 0. The van der Waals surface area contributed by atoms with Crippen molar-refractivity contribution < 1.29 is 9.84 Å². The van der Waals surface area contributed by atoms with Gasteiger partial charge >= 0.3 is 0 Å². The van der Waals surface area contributed by atoms with Crippen LogP contribution in [0, 0.1) is 5.92 Å². The lowest BCUT2D eigenvalue weighted by molar-refractivity contribution is 0.116. The lowest BCUT2D eigenvalue weighted by Gasteiger charge is -2.08. The van der Waals surface area contributed by atoms with Crippen LogP contribution in [0.3, 0.4) is 0 Å². The van der Waals surface area contributed by atoms with Gasteiger partial charge in [-0.3, -0.25) is 0 Å². The van der Waals surface area contributed by atoms with Gasteiger partial charge in [-0.15, -0.1) is 0 Å². The zero-order valence-electron chi connectivity index (χ0n) is 12.1. The van der Waals surface area contributed by atoms with E-state index in [1.807, 2.05) is 25.1 Å². The minimum absolute atomic E-state index is 0.171. The lowest BCUT2D eigenvalue weighted by atomic mass is 10.0. The van der Waals surface area contributed by atoms with Gasteiger partial charge in [0.15, 0.2) is 0 Å².